The zero-order chi connectivity index (χ0) is 59.1. The molecule has 1 N–H and O–H groups in total. The van der Waals surface area contributed by atoms with Crippen LogP contribution in [0.2, 0.25) is 0 Å². The van der Waals surface area contributed by atoms with E-state index in [-0.39, 0.29) is 16.9 Å². The molecule has 0 aliphatic carbocycles. The molecule has 8 aromatic rings. The molecule has 0 bridgehead atoms. The molecule has 1 atom stereocenters. The van der Waals surface area contributed by atoms with E-state index in [0.29, 0.717) is 37.9 Å². The average molecular weight is 1130 g/mol. The molecule has 0 aromatic heterocycles. The van der Waals surface area contributed by atoms with Crippen LogP contribution < -0.4 is 43.2 Å². The van der Waals surface area contributed by atoms with Crippen molar-refractivity contribution in [3.05, 3.63) is 249 Å². The van der Waals surface area contributed by atoms with Crippen LogP contribution in [0.3, 0.4) is 0 Å². The molecule has 2 aliphatic heterocycles. The number of benzene rings is 8. The Morgan fingerprint density at radius 1 is 0.429 bits per heavy atom. The molecule has 84 heavy (non-hydrogen) atoms. The molecule has 0 fully saturated rings. The fourth-order valence-corrected chi connectivity index (χ4v) is 10.5. The van der Waals surface area contributed by atoms with E-state index in [1.54, 1.807) is 28.4 Å². The molecule has 2 heterocycles. The maximum absolute atomic E-state index is 6.26. The second kappa shape index (κ2) is 28.0. The van der Waals surface area contributed by atoms with Crippen LogP contribution in [0.5, 0.6) is 46.0 Å². The Morgan fingerprint density at radius 3 is 1.25 bits per heavy atom. The first-order chi connectivity index (χ1) is 40.7. The normalized spacial score (nSPS) is 13.9. The fraction of sp³-hybridized carbons (Fsp3) is 0.284. The van der Waals surface area contributed by atoms with Crippen LogP contribution in [0, 0.1) is 0 Å². The Hall–Kier alpha value is -8.73. The number of fused-ring (bicyclic) bond motifs is 2. The summed E-state index contributed by atoms with van der Waals surface area (Å²) in [6.07, 6.45) is 10.5. The van der Waals surface area contributed by atoms with Gasteiger partial charge in [-0.25, -0.2) is 0 Å². The second-order valence-electron chi connectivity index (χ2n) is 23.0. The van der Waals surface area contributed by atoms with Crippen LogP contribution in [-0.4, -0.2) is 47.2 Å². The van der Waals surface area contributed by atoms with Crippen LogP contribution in [0.1, 0.15) is 114 Å². The minimum Gasteiger partial charge on any atom is -0.493 e. The zero-order valence-electron chi connectivity index (χ0n) is 50.4. The average Bonchev–Trinajstić information content (AvgIpc) is 3.61. The molecule has 8 aromatic carbocycles. The quantitative estimate of drug-likeness (QED) is 0.0800. The summed E-state index contributed by atoms with van der Waals surface area (Å²) in [6, 6.07) is 57.5. The maximum atomic E-state index is 6.26. The topological polar surface area (TPSA) is 98.2 Å². The van der Waals surface area contributed by atoms with Crippen molar-refractivity contribution < 1.29 is 37.9 Å². The Kier molecular flexibility index (Phi) is 20.0. The predicted molar refractivity (Wildman–Crippen MR) is 340 cm³/mol. The van der Waals surface area contributed by atoms with Crippen LogP contribution in [-0.2, 0) is 50.1 Å². The third-order valence-electron chi connectivity index (χ3n) is 15.0. The molecule has 0 spiro atoms. The number of nitrogens with one attached hydrogen (secondary N) is 1. The van der Waals surface area contributed by atoms with Crippen LogP contribution in [0.25, 0.3) is 12.2 Å². The lowest BCUT2D eigenvalue weighted by Crippen LogP contribution is -2.28. The Morgan fingerprint density at radius 2 is 0.821 bits per heavy atom. The summed E-state index contributed by atoms with van der Waals surface area (Å²) in [5.74, 6) is 5.86. The smallest absolute Gasteiger partial charge is 0.162 e. The summed E-state index contributed by atoms with van der Waals surface area (Å²) >= 11 is 0. The summed E-state index contributed by atoms with van der Waals surface area (Å²) < 4.78 is 47.9. The summed E-state index contributed by atoms with van der Waals surface area (Å²) in [5.41, 5.74) is 14.5. The number of rotatable bonds is 20. The first-order valence-corrected chi connectivity index (χ1v) is 28.9. The minimum absolute atomic E-state index is 0.0365. The van der Waals surface area contributed by atoms with Gasteiger partial charge in [-0.3, -0.25) is 4.99 Å². The Bertz CT molecular complexity index is 3550. The number of hydrogen-bond donors (Lipinski definition) is 1. The van der Waals surface area contributed by atoms with Crippen molar-refractivity contribution in [3.8, 4) is 46.0 Å². The zero-order valence-corrected chi connectivity index (χ0v) is 50.4. The molecule has 0 amide bonds. The highest BCUT2D eigenvalue weighted by atomic mass is 16.5. The molecule has 10 rings (SSSR count). The molecular formula is C74H80N2O8. The molecule has 2 aliphatic rings. The minimum atomic E-state index is -0.106. The monoisotopic (exact) mass is 1120 g/mol. The van der Waals surface area contributed by atoms with Crippen LogP contribution in [0.15, 0.2) is 187 Å². The van der Waals surface area contributed by atoms with Gasteiger partial charge >= 0.3 is 0 Å². The van der Waals surface area contributed by atoms with E-state index < -0.39 is 0 Å². The van der Waals surface area contributed by atoms with Gasteiger partial charge in [-0.2, -0.15) is 0 Å². The van der Waals surface area contributed by atoms with E-state index in [0.717, 1.165) is 105 Å². The van der Waals surface area contributed by atoms with Gasteiger partial charge in [0.2, 0.25) is 0 Å². The van der Waals surface area contributed by atoms with E-state index in [9.17, 15) is 0 Å². The molecule has 10 nitrogen and oxygen atoms in total. The largest absolute Gasteiger partial charge is 0.493 e. The highest BCUT2D eigenvalue weighted by Gasteiger charge is 2.26. The summed E-state index contributed by atoms with van der Waals surface area (Å²) in [7, 11) is 6.75. The van der Waals surface area contributed by atoms with Crippen molar-refractivity contribution in [1.82, 2.24) is 5.32 Å². The fourth-order valence-electron chi connectivity index (χ4n) is 10.5. The number of aliphatic imine (C=N–C) groups is 1. The lowest BCUT2D eigenvalue weighted by atomic mass is 9.83. The second-order valence-corrected chi connectivity index (χ2v) is 23.0. The molecule has 0 radical (unpaired) electrons. The first-order valence-electron chi connectivity index (χ1n) is 28.9. The van der Waals surface area contributed by atoms with Gasteiger partial charge in [-0.05, 0) is 139 Å². The number of methoxy groups -OCH3 is 4. The molecule has 0 saturated heterocycles. The standard InChI is InChI=1S/C37H41NO4.C37H39NO4/c2*1-37(2,3)31-23-34(40-5)36(42-25-27-14-10-7-11-15-27)21-29(31)16-17-32-30-22-33(39-4)35(20-28(30)18-19-38-32)41-24-26-12-8-6-9-13-26/h6-17,20-23,32,38H,18-19,24-25H2,1-5H3;6-17,20-23H,18-19,24-25H2,1-5H3/b2*17-16+. The van der Waals surface area contributed by atoms with E-state index in [4.69, 9.17) is 42.9 Å². The van der Waals surface area contributed by atoms with Gasteiger partial charge < -0.3 is 43.2 Å². The van der Waals surface area contributed by atoms with E-state index in [1.807, 2.05) is 78.9 Å². The van der Waals surface area contributed by atoms with Gasteiger partial charge in [0, 0.05) is 18.7 Å². The van der Waals surface area contributed by atoms with E-state index >= 15 is 0 Å². The van der Waals surface area contributed by atoms with Crippen LogP contribution >= 0.6 is 0 Å². The summed E-state index contributed by atoms with van der Waals surface area (Å²) in [4.78, 5) is 4.89. The van der Waals surface area contributed by atoms with Gasteiger partial charge in [-0.1, -0.05) is 181 Å². The highest BCUT2D eigenvalue weighted by Crippen LogP contribution is 2.42. The van der Waals surface area contributed by atoms with Crippen molar-refractivity contribution in [3.63, 3.8) is 0 Å². The van der Waals surface area contributed by atoms with Crippen molar-refractivity contribution in [1.29, 1.82) is 0 Å². The predicted octanol–water partition coefficient (Wildman–Crippen LogP) is 16.3. The van der Waals surface area contributed by atoms with Crippen molar-refractivity contribution in [2.45, 2.75) is 97.7 Å². The van der Waals surface area contributed by atoms with E-state index in [2.05, 4.69) is 162 Å². The maximum Gasteiger partial charge on any atom is 0.162 e. The molecule has 0 saturated carbocycles. The first kappa shape index (κ1) is 59.9. The molecular weight excluding hydrogens is 1040 g/mol. The summed E-state index contributed by atoms with van der Waals surface area (Å²) in [6.45, 7) is 16.8. The lowest BCUT2D eigenvalue weighted by molar-refractivity contribution is 0.283. The van der Waals surface area contributed by atoms with Gasteiger partial charge in [0.15, 0.2) is 46.0 Å². The summed E-state index contributed by atoms with van der Waals surface area (Å²) in [5, 5.41) is 3.68. The van der Waals surface area contributed by atoms with Crippen molar-refractivity contribution >= 4 is 17.9 Å². The lowest BCUT2D eigenvalue weighted by Gasteiger charge is -2.27. The van der Waals surface area contributed by atoms with Gasteiger partial charge in [0.1, 0.15) is 26.4 Å². The van der Waals surface area contributed by atoms with Gasteiger partial charge in [0.05, 0.1) is 40.2 Å². The third kappa shape index (κ3) is 15.5. The number of allylic oxidation sites excluding steroid dienone is 1. The van der Waals surface area contributed by atoms with Crippen LogP contribution in [0.4, 0.5) is 0 Å². The van der Waals surface area contributed by atoms with Crippen molar-refractivity contribution in [2.75, 3.05) is 41.5 Å². The SMILES string of the molecule is COc1cc(C(C)(C)C)c(/C=C/C2=NCCc3cc(OCc4ccccc4)c(OC)cc32)cc1OCc1ccccc1.COc1cc(C(C)(C)C)c(/C=C/C2NCCc3cc(OCc4ccccc4)c(OC)cc32)cc1OCc1ccccc1. The highest BCUT2D eigenvalue weighted by molar-refractivity contribution is 6.12. The Labute approximate surface area is 497 Å². The molecule has 10 heteroatoms. The van der Waals surface area contributed by atoms with E-state index in [1.165, 1.54) is 27.8 Å². The number of hydrogen-bond acceptors (Lipinski definition) is 10. The number of nitrogens with zero attached hydrogens (tertiary/aromatic N) is 1. The van der Waals surface area contributed by atoms with Gasteiger partial charge in [0.25, 0.3) is 0 Å². The van der Waals surface area contributed by atoms with Crippen molar-refractivity contribution in [2.24, 2.45) is 4.99 Å². The third-order valence-corrected chi connectivity index (χ3v) is 15.0. The molecule has 1 unspecified atom stereocenters. The number of ether oxygens (including phenoxy) is 8. The van der Waals surface area contributed by atoms with Gasteiger partial charge in [-0.15, -0.1) is 0 Å². The molecule has 434 valence electrons. The Balaban J connectivity index is 0.000000202.